The first-order valence-corrected chi connectivity index (χ1v) is 11.3. The van der Waals surface area contributed by atoms with Crippen LogP contribution < -0.4 is 10.0 Å². The molecule has 0 aromatic heterocycles. The quantitative estimate of drug-likeness (QED) is 0.512. The monoisotopic (exact) mass is 458 g/mol. The number of nitrogens with one attached hydrogen (secondary N) is 2. The van der Waals surface area contributed by atoms with Gasteiger partial charge >= 0.3 is 0 Å². The van der Waals surface area contributed by atoms with E-state index >= 15 is 0 Å². The first-order chi connectivity index (χ1) is 14.7. The molecule has 0 saturated carbocycles. The number of hydrogen-bond donors (Lipinski definition) is 2. The van der Waals surface area contributed by atoms with Crippen molar-refractivity contribution in [1.29, 1.82) is 0 Å². The van der Waals surface area contributed by atoms with Crippen molar-refractivity contribution in [2.24, 2.45) is 0 Å². The molecule has 0 saturated heterocycles. The summed E-state index contributed by atoms with van der Waals surface area (Å²) in [6, 6.07) is 16.7. The van der Waals surface area contributed by atoms with E-state index in [-0.39, 0.29) is 15.5 Å². The largest absolute Gasteiger partial charge is 0.380 e. The number of halogens is 1. The molecule has 1 amide bonds. The summed E-state index contributed by atoms with van der Waals surface area (Å²) in [7, 11) is -2.41. The standard InChI is InChI=1S/C23H23ClN2O4S/c1-15-6-4-9-21(16(15)2)26-31(28,29)22-13-18(10-11-20(22)24)23(27)25-19-8-5-7-17(12-19)14-30-3/h4-13,26H,14H2,1-3H3,(H,25,27). The van der Waals surface area contributed by atoms with Crippen molar-refractivity contribution in [3.8, 4) is 0 Å². The van der Waals surface area contributed by atoms with Crippen LogP contribution in [0.1, 0.15) is 27.0 Å². The normalized spacial score (nSPS) is 11.2. The van der Waals surface area contributed by atoms with Crippen molar-refractivity contribution in [2.45, 2.75) is 25.3 Å². The van der Waals surface area contributed by atoms with Crippen molar-refractivity contribution in [1.82, 2.24) is 0 Å². The Morgan fingerprint density at radius 2 is 1.77 bits per heavy atom. The summed E-state index contributed by atoms with van der Waals surface area (Å²) >= 11 is 6.17. The van der Waals surface area contributed by atoms with Gasteiger partial charge in [-0.3, -0.25) is 9.52 Å². The molecule has 0 aliphatic heterocycles. The Kier molecular flexibility index (Phi) is 7.00. The van der Waals surface area contributed by atoms with Crippen LogP contribution in [0.25, 0.3) is 0 Å². The molecule has 2 N–H and O–H groups in total. The number of carbonyl (C=O) groups is 1. The topological polar surface area (TPSA) is 84.5 Å². The molecule has 3 rings (SSSR count). The minimum Gasteiger partial charge on any atom is -0.380 e. The summed E-state index contributed by atoms with van der Waals surface area (Å²) in [6.45, 7) is 4.14. The molecule has 8 heteroatoms. The fourth-order valence-corrected chi connectivity index (χ4v) is 4.67. The lowest BCUT2D eigenvalue weighted by Gasteiger charge is -2.14. The number of carbonyl (C=O) groups excluding carboxylic acids is 1. The Morgan fingerprint density at radius 3 is 2.52 bits per heavy atom. The van der Waals surface area contributed by atoms with Crippen LogP contribution in [0, 0.1) is 13.8 Å². The molecule has 3 aromatic rings. The number of methoxy groups -OCH3 is 1. The van der Waals surface area contributed by atoms with Gasteiger partial charge in [0, 0.05) is 18.4 Å². The van der Waals surface area contributed by atoms with Crippen molar-refractivity contribution < 1.29 is 17.9 Å². The van der Waals surface area contributed by atoms with Crippen LogP contribution in [-0.4, -0.2) is 21.4 Å². The predicted molar refractivity (Wildman–Crippen MR) is 123 cm³/mol. The number of hydrogen-bond acceptors (Lipinski definition) is 4. The number of rotatable bonds is 7. The highest BCUT2D eigenvalue weighted by atomic mass is 35.5. The zero-order valence-electron chi connectivity index (χ0n) is 17.4. The fraction of sp³-hybridized carbons (Fsp3) is 0.174. The molecule has 0 aliphatic carbocycles. The first kappa shape index (κ1) is 22.8. The minimum atomic E-state index is -4.00. The van der Waals surface area contributed by atoms with Crippen LogP contribution in [0.3, 0.4) is 0 Å². The van der Waals surface area contributed by atoms with Gasteiger partial charge in [0.25, 0.3) is 15.9 Å². The Bertz CT molecular complexity index is 1230. The van der Waals surface area contributed by atoms with Gasteiger partial charge in [-0.05, 0) is 66.9 Å². The van der Waals surface area contributed by atoms with Gasteiger partial charge < -0.3 is 10.1 Å². The van der Waals surface area contributed by atoms with E-state index in [9.17, 15) is 13.2 Å². The second-order valence-corrected chi connectivity index (χ2v) is 9.14. The zero-order valence-corrected chi connectivity index (χ0v) is 19.0. The van der Waals surface area contributed by atoms with Crippen LogP contribution >= 0.6 is 11.6 Å². The van der Waals surface area contributed by atoms with Crippen molar-refractivity contribution >= 4 is 38.9 Å². The SMILES string of the molecule is COCc1cccc(NC(=O)c2ccc(Cl)c(S(=O)(=O)Nc3cccc(C)c3C)c2)c1. The maximum atomic E-state index is 13.0. The summed E-state index contributed by atoms with van der Waals surface area (Å²) < 4.78 is 33.7. The second-order valence-electron chi connectivity index (χ2n) is 7.09. The third-order valence-electron chi connectivity index (χ3n) is 4.83. The van der Waals surface area contributed by atoms with Gasteiger partial charge in [-0.2, -0.15) is 0 Å². The van der Waals surface area contributed by atoms with E-state index in [1.54, 1.807) is 37.4 Å². The molecular formula is C23H23ClN2O4S. The van der Waals surface area contributed by atoms with Gasteiger partial charge in [-0.15, -0.1) is 0 Å². The summed E-state index contributed by atoms with van der Waals surface area (Å²) in [6.07, 6.45) is 0. The lowest BCUT2D eigenvalue weighted by Crippen LogP contribution is -2.17. The van der Waals surface area contributed by atoms with Crippen molar-refractivity contribution in [2.75, 3.05) is 17.1 Å². The third-order valence-corrected chi connectivity index (χ3v) is 6.67. The van der Waals surface area contributed by atoms with Crippen LogP contribution in [0.5, 0.6) is 0 Å². The maximum Gasteiger partial charge on any atom is 0.263 e. The van der Waals surface area contributed by atoms with Crippen LogP contribution in [-0.2, 0) is 21.4 Å². The van der Waals surface area contributed by atoms with E-state index in [0.717, 1.165) is 16.7 Å². The van der Waals surface area contributed by atoms with E-state index in [2.05, 4.69) is 10.0 Å². The third kappa shape index (κ3) is 5.44. The summed E-state index contributed by atoms with van der Waals surface area (Å²) in [5.74, 6) is -0.450. The van der Waals surface area contributed by atoms with E-state index in [0.29, 0.717) is 18.0 Å². The molecule has 0 aliphatic rings. The Morgan fingerprint density at radius 1 is 1.03 bits per heavy atom. The Labute approximate surface area is 187 Å². The summed E-state index contributed by atoms with van der Waals surface area (Å²) in [5, 5.41) is 2.79. The highest BCUT2D eigenvalue weighted by molar-refractivity contribution is 7.92. The fourth-order valence-electron chi connectivity index (χ4n) is 3.02. The van der Waals surface area contributed by atoms with Crippen molar-refractivity contribution in [3.05, 3.63) is 87.9 Å². The molecule has 0 bridgehead atoms. The van der Waals surface area contributed by atoms with E-state index < -0.39 is 15.9 Å². The molecule has 162 valence electrons. The van der Waals surface area contributed by atoms with Gasteiger partial charge in [-0.1, -0.05) is 35.9 Å². The number of ether oxygens (including phenoxy) is 1. The molecule has 0 spiro atoms. The van der Waals surface area contributed by atoms with Gasteiger partial charge in [0.1, 0.15) is 4.90 Å². The molecule has 6 nitrogen and oxygen atoms in total. The Balaban J connectivity index is 1.88. The number of amides is 1. The molecular weight excluding hydrogens is 436 g/mol. The zero-order chi connectivity index (χ0) is 22.6. The van der Waals surface area contributed by atoms with Crippen LogP contribution in [0.2, 0.25) is 5.02 Å². The molecule has 3 aromatic carbocycles. The second kappa shape index (κ2) is 9.51. The van der Waals surface area contributed by atoms with E-state index in [4.69, 9.17) is 16.3 Å². The van der Waals surface area contributed by atoms with Gasteiger partial charge in [-0.25, -0.2) is 8.42 Å². The average molecular weight is 459 g/mol. The molecule has 0 radical (unpaired) electrons. The molecule has 0 fully saturated rings. The number of sulfonamides is 1. The van der Waals surface area contributed by atoms with Crippen LogP contribution in [0.15, 0.2) is 65.6 Å². The maximum absolute atomic E-state index is 13.0. The summed E-state index contributed by atoms with van der Waals surface area (Å²) in [5.41, 5.74) is 3.87. The molecule has 0 heterocycles. The van der Waals surface area contributed by atoms with E-state index in [1.807, 2.05) is 26.0 Å². The first-order valence-electron chi connectivity index (χ1n) is 9.49. The summed E-state index contributed by atoms with van der Waals surface area (Å²) in [4.78, 5) is 12.6. The molecule has 0 unspecified atom stereocenters. The minimum absolute atomic E-state index is 0.0245. The van der Waals surface area contributed by atoms with Gasteiger partial charge in [0.05, 0.1) is 17.3 Å². The number of aryl methyl sites for hydroxylation is 1. The smallest absolute Gasteiger partial charge is 0.263 e. The lowest BCUT2D eigenvalue weighted by molar-refractivity contribution is 0.102. The van der Waals surface area contributed by atoms with E-state index in [1.165, 1.54) is 18.2 Å². The van der Waals surface area contributed by atoms with Gasteiger partial charge in [0.15, 0.2) is 0 Å². The number of benzene rings is 3. The van der Waals surface area contributed by atoms with Crippen LogP contribution in [0.4, 0.5) is 11.4 Å². The highest BCUT2D eigenvalue weighted by Crippen LogP contribution is 2.27. The average Bonchev–Trinajstić information content (AvgIpc) is 2.72. The van der Waals surface area contributed by atoms with Crippen molar-refractivity contribution in [3.63, 3.8) is 0 Å². The predicted octanol–water partition coefficient (Wildman–Crippen LogP) is 5.16. The molecule has 0 atom stereocenters. The Hall–Kier alpha value is -2.87. The number of anilines is 2. The lowest BCUT2D eigenvalue weighted by atomic mass is 10.1. The highest BCUT2D eigenvalue weighted by Gasteiger charge is 2.21. The molecule has 31 heavy (non-hydrogen) atoms. The van der Waals surface area contributed by atoms with Gasteiger partial charge in [0.2, 0.25) is 0 Å².